The maximum Gasteiger partial charge on any atom is 0.338 e. The summed E-state index contributed by atoms with van der Waals surface area (Å²) in [5.74, 6) is 0.150. The predicted molar refractivity (Wildman–Crippen MR) is 159 cm³/mol. The van der Waals surface area contributed by atoms with Crippen LogP contribution < -0.4 is 24.4 Å². The molecular formula is C30H23BrClFN2O5S. The second kappa shape index (κ2) is 12.0. The van der Waals surface area contributed by atoms with Crippen molar-refractivity contribution in [1.82, 2.24) is 4.57 Å². The van der Waals surface area contributed by atoms with Crippen molar-refractivity contribution in [1.29, 1.82) is 0 Å². The van der Waals surface area contributed by atoms with E-state index in [0.717, 1.165) is 11.1 Å². The van der Waals surface area contributed by atoms with Crippen LogP contribution in [0.15, 0.2) is 86.2 Å². The van der Waals surface area contributed by atoms with Crippen molar-refractivity contribution < 1.29 is 23.4 Å². The molecule has 1 atom stereocenters. The molecule has 1 aliphatic rings. The van der Waals surface area contributed by atoms with Crippen LogP contribution in [-0.2, 0) is 16.1 Å². The summed E-state index contributed by atoms with van der Waals surface area (Å²) >= 11 is 11.1. The molecule has 0 spiro atoms. The highest BCUT2D eigenvalue weighted by Gasteiger charge is 2.35. The number of carbonyl (C=O) groups is 1. The predicted octanol–water partition coefficient (Wildman–Crippen LogP) is 5.55. The summed E-state index contributed by atoms with van der Waals surface area (Å²) in [5, 5.41) is 0.424. The Labute approximate surface area is 251 Å². The number of benzene rings is 3. The number of fused-ring (bicyclic) bond motifs is 1. The molecule has 0 aliphatic carbocycles. The first-order valence-corrected chi connectivity index (χ1v) is 14.3. The molecule has 0 bridgehead atoms. The minimum atomic E-state index is -0.858. The summed E-state index contributed by atoms with van der Waals surface area (Å²) in [5.41, 5.74) is 2.43. The van der Waals surface area contributed by atoms with E-state index in [1.165, 1.54) is 42.3 Å². The highest BCUT2D eigenvalue weighted by molar-refractivity contribution is 9.10. The molecule has 11 heteroatoms. The van der Waals surface area contributed by atoms with Gasteiger partial charge in [-0.3, -0.25) is 9.36 Å². The Morgan fingerprint density at radius 3 is 2.54 bits per heavy atom. The molecule has 7 nitrogen and oxygen atoms in total. The van der Waals surface area contributed by atoms with E-state index in [2.05, 4.69) is 20.9 Å². The van der Waals surface area contributed by atoms with Crippen LogP contribution in [-0.4, -0.2) is 24.8 Å². The van der Waals surface area contributed by atoms with Crippen LogP contribution in [0.1, 0.15) is 29.7 Å². The standard InChI is InChI=1S/C30H23BrClFN2O5S/c1-16-26(29(37)39-3)27(21-14-19(32)7-11-23(21)38-2)35-28(36)25(41-30(35)34-16)13-18-6-10-24(22(31)12-18)40-15-17-4-8-20(33)9-5-17/h4-14,27H,15H2,1-3H3/b25-13-/t27-/m0/s1. The van der Waals surface area contributed by atoms with Gasteiger partial charge in [0.1, 0.15) is 30.0 Å². The van der Waals surface area contributed by atoms with Crippen LogP contribution in [0.3, 0.4) is 0 Å². The Balaban J connectivity index is 1.56. The second-order valence-electron chi connectivity index (χ2n) is 9.06. The minimum absolute atomic E-state index is 0.220. The fourth-order valence-corrected chi connectivity index (χ4v) is 6.26. The lowest BCUT2D eigenvalue weighted by Crippen LogP contribution is -2.40. The third-order valence-electron chi connectivity index (χ3n) is 6.47. The van der Waals surface area contributed by atoms with Crippen molar-refractivity contribution in [3.05, 3.63) is 124 Å². The first kappa shape index (κ1) is 28.8. The monoisotopic (exact) mass is 656 g/mol. The Morgan fingerprint density at radius 2 is 1.85 bits per heavy atom. The van der Waals surface area contributed by atoms with Gasteiger partial charge in [-0.15, -0.1) is 0 Å². The zero-order valence-corrected chi connectivity index (χ0v) is 25.3. The molecule has 0 amide bonds. The molecule has 5 rings (SSSR count). The molecule has 0 radical (unpaired) electrons. The van der Waals surface area contributed by atoms with E-state index in [1.807, 2.05) is 12.1 Å². The molecular weight excluding hydrogens is 635 g/mol. The quantitative estimate of drug-likeness (QED) is 0.244. The largest absolute Gasteiger partial charge is 0.496 e. The van der Waals surface area contributed by atoms with Crippen molar-refractivity contribution in [3.63, 3.8) is 0 Å². The summed E-state index contributed by atoms with van der Waals surface area (Å²) < 4.78 is 32.3. The van der Waals surface area contributed by atoms with Crippen molar-refractivity contribution >= 4 is 50.9 Å². The lowest BCUT2D eigenvalue weighted by molar-refractivity contribution is -0.136. The van der Waals surface area contributed by atoms with E-state index >= 15 is 0 Å². The van der Waals surface area contributed by atoms with Crippen LogP contribution in [0, 0.1) is 5.82 Å². The molecule has 1 aromatic heterocycles. The Morgan fingerprint density at radius 1 is 1.12 bits per heavy atom. The summed E-state index contributed by atoms with van der Waals surface area (Å²) in [6.45, 7) is 1.97. The first-order chi connectivity index (χ1) is 19.7. The maximum atomic E-state index is 13.9. The number of allylic oxidation sites excluding steroid dienone is 1. The molecule has 0 saturated carbocycles. The topological polar surface area (TPSA) is 79.1 Å². The number of thiazole rings is 1. The normalized spacial score (nSPS) is 14.9. The maximum absolute atomic E-state index is 13.9. The highest BCUT2D eigenvalue weighted by Crippen LogP contribution is 2.37. The molecule has 0 unspecified atom stereocenters. The van der Waals surface area contributed by atoms with Crippen LogP contribution in [0.5, 0.6) is 11.5 Å². The van der Waals surface area contributed by atoms with E-state index in [0.29, 0.717) is 41.6 Å². The highest BCUT2D eigenvalue weighted by atomic mass is 79.9. The first-order valence-electron chi connectivity index (χ1n) is 12.3. The summed E-state index contributed by atoms with van der Waals surface area (Å²) in [7, 11) is 2.79. The van der Waals surface area contributed by atoms with Gasteiger partial charge in [0.2, 0.25) is 0 Å². The molecule has 0 fully saturated rings. The van der Waals surface area contributed by atoms with Crippen molar-refractivity contribution in [2.24, 2.45) is 4.99 Å². The molecule has 1 aliphatic heterocycles. The zero-order chi connectivity index (χ0) is 29.3. The van der Waals surface area contributed by atoms with Crippen LogP contribution >= 0.6 is 38.9 Å². The van der Waals surface area contributed by atoms with Gasteiger partial charge in [0.25, 0.3) is 5.56 Å². The minimum Gasteiger partial charge on any atom is -0.496 e. The Bertz CT molecular complexity index is 1870. The number of nitrogens with zero attached hydrogens (tertiary/aromatic N) is 2. The number of carbonyl (C=O) groups excluding carboxylic acids is 1. The van der Waals surface area contributed by atoms with Crippen molar-refractivity contribution in [2.45, 2.75) is 19.6 Å². The van der Waals surface area contributed by atoms with Crippen LogP contribution in [0.4, 0.5) is 4.39 Å². The van der Waals surface area contributed by atoms with Gasteiger partial charge in [0.05, 0.1) is 34.5 Å². The lowest BCUT2D eigenvalue weighted by Gasteiger charge is -2.25. The molecule has 3 aromatic carbocycles. The van der Waals surface area contributed by atoms with E-state index in [9.17, 15) is 14.0 Å². The Kier molecular flexibility index (Phi) is 8.44. The molecule has 0 N–H and O–H groups in total. The van der Waals surface area contributed by atoms with Gasteiger partial charge in [-0.2, -0.15) is 0 Å². The second-order valence-corrected chi connectivity index (χ2v) is 11.4. The average molecular weight is 658 g/mol. The fourth-order valence-electron chi connectivity index (χ4n) is 4.52. The number of ether oxygens (including phenoxy) is 3. The van der Waals surface area contributed by atoms with Gasteiger partial charge >= 0.3 is 5.97 Å². The van der Waals surface area contributed by atoms with E-state index in [4.69, 9.17) is 25.8 Å². The van der Waals surface area contributed by atoms with Crippen molar-refractivity contribution in [2.75, 3.05) is 14.2 Å². The van der Waals surface area contributed by atoms with Crippen LogP contribution in [0.25, 0.3) is 6.08 Å². The number of halogens is 3. The molecule has 0 saturated heterocycles. The van der Waals surface area contributed by atoms with Crippen molar-refractivity contribution in [3.8, 4) is 11.5 Å². The van der Waals surface area contributed by atoms with Gasteiger partial charge in [0, 0.05) is 10.6 Å². The smallest absolute Gasteiger partial charge is 0.338 e. The van der Waals surface area contributed by atoms with Gasteiger partial charge in [-0.1, -0.05) is 41.1 Å². The number of esters is 1. The van der Waals surface area contributed by atoms with E-state index in [1.54, 1.807) is 49.4 Å². The van der Waals surface area contributed by atoms with Gasteiger partial charge in [-0.05, 0) is 82.5 Å². The van der Waals surface area contributed by atoms with Gasteiger partial charge < -0.3 is 14.2 Å². The number of aromatic nitrogens is 1. The number of rotatable bonds is 7. The fraction of sp³-hybridized carbons (Fsp3) is 0.167. The molecule has 210 valence electrons. The average Bonchev–Trinajstić information content (AvgIpc) is 3.26. The number of hydrogen-bond donors (Lipinski definition) is 0. The SMILES string of the molecule is COC(=O)C1=C(C)N=c2s/c(=C\c3ccc(OCc4ccc(F)cc4)c(Br)c3)c(=O)n2[C@H]1c1cc(Cl)ccc1OC. The molecule has 2 heterocycles. The third kappa shape index (κ3) is 5.86. The molecule has 4 aromatic rings. The van der Waals surface area contributed by atoms with Gasteiger partial charge in [0.15, 0.2) is 4.80 Å². The third-order valence-corrected chi connectivity index (χ3v) is 8.31. The number of methoxy groups -OCH3 is 2. The van der Waals surface area contributed by atoms with Crippen LogP contribution in [0.2, 0.25) is 5.02 Å². The summed E-state index contributed by atoms with van der Waals surface area (Å²) in [4.78, 5) is 31.8. The Hall–Kier alpha value is -3.73. The number of hydrogen-bond acceptors (Lipinski definition) is 7. The zero-order valence-electron chi connectivity index (χ0n) is 22.1. The van der Waals surface area contributed by atoms with Gasteiger partial charge in [-0.25, -0.2) is 14.2 Å². The summed E-state index contributed by atoms with van der Waals surface area (Å²) in [6.07, 6.45) is 1.75. The summed E-state index contributed by atoms with van der Waals surface area (Å²) in [6, 6.07) is 15.7. The van der Waals surface area contributed by atoms with E-state index in [-0.39, 0.29) is 23.6 Å². The molecule has 41 heavy (non-hydrogen) atoms. The van der Waals surface area contributed by atoms with E-state index < -0.39 is 12.0 Å². The lowest BCUT2D eigenvalue weighted by atomic mass is 9.95.